The van der Waals surface area contributed by atoms with Gasteiger partial charge in [-0.2, -0.15) is 0 Å². The van der Waals surface area contributed by atoms with Crippen LogP contribution in [0.3, 0.4) is 0 Å². The zero-order valence-corrected chi connectivity index (χ0v) is 13.9. The fraction of sp³-hybridized carbons (Fsp3) is 0.615. The highest BCUT2D eigenvalue weighted by molar-refractivity contribution is 7.18. The minimum Gasteiger partial charge on any atom is -0.382 e. The third-order valence-corrected chi connectivity index (χ3v) is 3.45. The molecule has 0 aliphatic heterocycles. The smallest absolute Gasteiger partial charge is 0.265 e. The Morgan fingerprint density at radius 2 is 1.95 bits per heavy atom. The molecule has 1 aromatic heterocycles. The van der Waals surface area contributed by atoms with E-state index in [1.54, 1.807) is 14.1 Å². The lowest BCUT2D eigenvalue weighted by Crippen LogP contribution is -2.30. The molecule has 0 aromatic carbocycles. The van der Waals surface area contributed by atoms with Gasteiger partial charge in [-0.3, -0.25) is 9.59 Å². The lowest BCUT2D eigenvalue weighted by Gasteiger charge is -2.19. The second kappa shape index (κ2) is 6.75. The Kier molecular flexibility index (Phi) is 5.54. The summed E-state index contributed by atoms with van der Waals surface area (Å²) < 4.78 is 0. The summed E-state index contributed by atoms with van der Waals surface area (Å²) in [4.78, 5) is 29.4. The molecular weight excluding hydrogens is 290 g/mol. The van der Waals surface area contributed by atoms with Crippen molar-refractivity contribution in [2.75, 3.05) is 31.7 Å². The molecule has 0 atom stereocenters. The SMILES string of the molecule is CN(C)C(=O)CCNC(=O)c1sc(NC(C)(C)C)nc1N. The quantitative estimate of drug-likeness (QED) is 0.757. The van der Waals surface area contributed by atoms with E-state index in [0.717, 1.165) is 0 Å². The first-order valence-electron chi connectivity index (χ1n) is 6.63. The molecule has 0 saturated carbocycles. The Morgan fingerprint density at radius 1 is 1.33 bits per heavy atom. The third-order valence-electron chi connectivity index (χ3n) is 2.46. The molecule has 0 fully saturated rings. The Hall–Kier alpha value is -1.83. The van der Waals surface area contributed by atoms with Crippen LogP contribution in [0.25, 0.3) is 0 Å². The number of thiazole rings is 1. The van der Waals surface area contributed by atoms with Crippen molar-refractivity contribution < 1.29 is 9.59 Å². The van der Waals surface area contributed by atoms with E-state index in [1.807, 2.05) is 20.8 Å². The second-order valence-corrected chi connectivity index (χ2v) is 6.90. The summed E-state index contributed by atoms with van der Waals surface area (Å²) in [5.41, 5.74) is 5.61. The van der Waals surface area contributed by atoms with Crippen LogP contribution in [0.4, 0.5) is 10.9 Å². The number of nitrogens with one attached hydrogen (secondary N) is 2. The highest BCUT2D eigenvalue weighted by atomic mass is 32.1. The van der Waals surface area contributed by atoms with Gasteiger partial charge in [0.05, 0.1) is 0 Å². The van der Waals surface area contributed by atoms with Crippen molar-refractivity contribution in [3.05, 3.63) is 4.88 Å². The van der Waals surface area contributed by atoms with Crippen LogP contribution in [0.1, 0.15) is 36.9 Å². The van der Waals surface area contributed by atoms with E-state index in [4.69, 9.17) is 5.73 Å². The lowest BCUT2D eigenvalue weighted by molar-refractivity contribution is -0.128. The van der Waals surface area contributed by atoms with Crippen molar-refractivity contribution in [1.29, 1.82) is 0 Å². The van der Waals surface area contributed by atoms with Gasteiger partial charge in [0.15, 0.2) is 5.13 Å². The summed E-state index contributed by atoms with van der Waals surface area (Å²) in [7, 11) is 3.35. The molecule has 0 radical (unpaired) electrons. The minimum absolute atomic E-state index is 0.0392. The number of carbonyl (C=O) groups excluding carboxylic acids is 2. The Bertz CT molecular complexity index is 519. The molecule has 8 heteroatoms. The summed E-state index contributed by atoms with van der Waals surface area (Å²) in [6, 6.07) is 0. The maximum Gasteiger partial charge on any atom is 0.265 e. The largest absolute Gasteiger partial charge is 0.382 e. The average Bonchev–Trinajstić information content (AvgIpc) is 2.67. The van der Waals surface area contributed by atoms with Crippen LogP contribution < -0.4 is 16.4 Å². The minimum atomic E-state index is -0.307. The highest BCUT2D eigenvalue weighted by Crippen LogP contribution is 2.26. The molecule has 0 spiro atoms. The molecule has 2 amide bonds. The molecule has 4 N–H and O–H groups in total. The molecule has 21 heavy (non-hydrogen) atoms. The summed E-state index contributed by atoms with van der Waals surface area (Å²) >= 11 is 1.21. The summed E-state index contributed by atoms with van der Waals surface area (Å²) in [6.45, 7) is 6.26. The molecule has 1 rings (SSSR count). The predicted molar refractivity (Wildman–Crippen MR) is 85.5 cm³/mol. The van der Waals surface area contributed by atoms with Crippen LogP contribution >= 0.6 is 11.3 Å². The maximum atomic E-state index is 12.0. The van der Waals surface area contributed by atoms with Gasteiger partial charge >= 0.3 is 0 Å². The van der Waals surface area contributed by atoms with Crippen LogP contribution in [-0.2, 0) is 4.79 Å². The molecule has 0 aliphatic carbocycles. The Balaban J connectivity index is 2.60. The highest BCUT2D eigenvalue weighted by Gasteiger charge is 2.19. The molecule has 0 bridgehead atoms. The van der Waals surface area contributed by atoms with E-state index in [0.29, 0.717) is 10.0 Å². The first kappa shape index (κ1) is 17.2. The Labute approximate surface area is 128 Å². The topological polar surface area (TPSA) is 100 Å². The fourth-order valence-electron chi connectivity index (χ4n) is 1.46. The molecule has 1 heterocycles. The number of rotatable bonds is 5. The monoisotopic (exact) mass is 313 g/mol. The van der Waals surface area contributed by atoms with Crippen molar-refractivity contribution >= 4 is 34.1 Å². The summed E-state index contributed by atoms with van der Waals surface area (Å²) in [5, 5.41) is 6.46. The Morgan fingerprint density at radius 3 is 2.48 bits per heavy atom. The number of nitrogens with zero attached hydrogens (tertiary/aromatic N) is 2. The molecule has 0 unspecified atom stereocenters. The van der Waals surface area contributed by atoms with Gasteiger partial charge in [0, 0.05) is 32.6 Å². The van der Waals surface area contributed by atoms with E-state index in [9.17, 15) is 9.59 Å². The van der Waals surface area contributed by atoms with Crippen LogP contribution in [0, 0.1) is 0 Å². The van der Waals surface area contributed by atoms with E-state index >= 15 is 0 Å². The first-order chi connectivity index (χ1) is 9.60. The van der Waals surface area contributed by atoms with Gasteiger partial charge in [-0.1, -0.05) is 11.3 Å². The number of hydrogen-bond donors (Lipinski definition) is 3. The number of nitrogen functional groups attached to an aromatic ring is 1. The summed E-state index contributed by atoms with van der Waals surface area (Å²) in [5.74, 6) is -0.149. The molecule has 1 aromatic rings. The van der Waals surface area contributed by atoms with E-state index < -0.39 is 0 Å². The molecule has 7 nitrogen and oxygen atoms in total. The van der Waals surface area contributed by atoms with Gasteiger partial charge in [-0.25, -0.2) is 4.98 Å². The zero-order chi connectivity index (χ0) is 16.2. The van der Waals surface area contributed by atoms with Gasteiger partial charge in [-0.15, -0.1) is 0 Å². The number of carbonyl (C=O) groups is 2. The zero-order valence-electron chi connectivity index (χ0n) is 13.1. The van der Waals surface area contributed by atoms with Crippen molar-refractivity contribution in [3.63, 3.8) is 0 Å². The van der Waals surface area contributed by atoms with Crippen molar-refractivity contribution in [2.24, 2.45) is 0 Å². The molecule has 0 saturated heterocycles. The van der Waals surface area contributed by atoms with Crippen molar-refractivity contribution in [2.45, 2.75) is 32.7 Å². The second-order valence-electron chi connectivity index (χ2n) is 5.90. The maximum absolute atomic E-state index is 12.0. The third kappa shape index (κ3) is 5.58. The first-order valence-corrected chi connectivity index (χ1v) is 7.44. The van der Waals surface area contributed by atoms with Gasteiger partial charge in [0.2, 0.25) is 5.91 Å². The van der Waals surface area contributed by atoms with Crippen molar-refractivity contribution in [3.8, 4) is 0 Å². The van der Waals surface area contributed by atoms with Crippen LogP contribution in [0.5, 0.6) is 0 Å². The van der Waals surface area contributed by atoms with Crippen molar-refractivity contribution in [1.82, 2.24) is 15.2 Å². The number of aromatic nitrogens is 1. The molecule has 118 valence electrons. The average molecular weight is 313 g/mol. The van der Waals surface area contributed by atoms with E-state index in [-0.39, 0.29) is 36.1 Å². The summed E-state index contributed by atoms with van der Waals surface area (Å²) in [6.07, 6.45) is 0.255. The molecule has 0 aliphatic rings. The van der Waals surface area contributed by atoms with Crippen LogP contribution in [0.15, 0.2) is 0 Å². The van der Waals surface area contributed by atoms with Crippen LogP contribution in [0.2, 0.25) is 0 Å². The van der Waals surface area contributed by atoms with E-state index in [2.05, 4.69) is 15.6 Å². The van der Waals surface area contributed by atoms with E-state index in [1.165, 1.54) is 16.2 Å². The molecular formula is C13H23N5O2S. The number of nitrogens with two attached hydrogens (primary N) is 1. The van der Waals surface area contributed by atoms with Gasteiger partial charge in [-0.05, 0) is 20.8 Å². The number of hydrogen-bond acceptors (Lipinski definition) is 6. The van der Waals surface area contributed by atoms with Gasteiger partial charge < -0.3 is 21.3 Å². The lowest BCUT2D eigenvalue weighted by atomic mass is 10.1. The predicted octanol–water partition coefficient (Wildman–Crippen LogP) is 1.14. The number of anilines is 2. The van der Waals surface area contributed by atoms with Gasteiger partial charge in [0.1, 0.15) is 10.7 Å². The van der Waals surface area contributed by atoms with Gasteiger partial charge in [0.25, 0.3) is 5.91 Å². The number of amides is 2. The van der Waals surface area contributed by atoms with Crippen LogP contribution in [-0.4, -0.2) is 47.9 Å². The fourth-order valence-corrected chi connectivity index (χ4v) is 2.47. The standard InChI is InChI=1S/C13H23N5O2S/c1-13(2,3)17-12-16-10(14)9(21-12)11(20)15-7-6-8(19)18(4)5/h6-7,14H2,1-5H3,(H,15,20)(H,16,17). The normalized spacial score (nSPS) is 11.1.